The minimum atomic E-state index is 0.0891. The van der Waals surface area contributed by atoms with Crippen molar-refractivity contribution in [3.05, 3.63) is 39.8 Å². The average molecular weight is 325 g/mol. The number of rotatable bonds is 2. The Bertz CT molecular complexity index is 537. The number of nitrogens with zero attached hydrogens (tertiary/aromatic N) is 1. The minimum absolute atomic E-state index is 0.0891. The standard InChI is InChI=1S/C13H13BrN2OS/c14-10-4-2-1-3-9(10)13-16-11(8-18-13)12-7-15-5-6-17-12/h1-4,8,12,15H,5-7H2. The first kappa shape index (κ1) is 12.3. The van der Waals surface area contributed by atoms with Crippen LogP contribution in [0.1, 0.15) is 11.8 Å². The van der Waals surface area contributed by atoms with Gasteiger partial charge in [0.05, 0.1) is 12.3 Å². The van der Waals surface area contributed by atoms with E-state index in [1.54, 1.807) is 11.3 Å². The molecule has 2 aromatic rings. The SMILES string of the molecule is Brc1ccccc1-c1nc(C2CNCCO2)cs1. The molecule has 1 saturated heterocycles. The predicted octanol–water partition coefficient (Wildman–Crippen LogP) is 3.23. The third-order valence-electron chi connectivity index (χ3n) is 2.88. The molecule has 1 aromatic carbocycles. The van der Waals surface area contributed by atoms with Crippen molar-refractivity contribution in [2.24, 2.45) is 0 Å². The van der Waals surface area contributed by atoms with Crippen molar-refractivity contribution in [1.82, 2.24) is 10.3 Å². The Morgan fingerprint density at radius 3 is 3.06 bits per heavy atom. The van der Waals surface area contributed by atoms with Crippen molar-refractivity contribution in [3.8, 4) is 10.6 Å². The Hall–Kier alpha value is -0.750. The van der Waals surface area contributed by atoms with Gasteiger partial charge in [-0.15, -0.1) is 11.3 Å². The van der Waals surface area contributed by atoms with Crippen LogP contribution >= 0.6 is 27.3 Å². The van der Waals surface area contributed by atoms with Crippen LogP contribution in [0.15, 0.2) is 34.1 Å². The topological polar surface area (TPSA) is 34.2 Å². The fourth-order valence-electron chi connectivity index (χ4n) is 1.95. The molecule has 0 bridgehead atoms. The summed E-state index contributed by atoms with van der Waals surface area (Å²) in [7, 11) is 0. The first-order chi connectivity index (χ1) is 8.84. The van der Waals surface area contributed by atoms with Crippen LogP contribution in [0.3, 0.4) is 0 Å². The van der Waals surface area contributed by atoms with E-state index in [1.165, 1.54) is 0 Å². The van der Waals surface area contributed by atoms with Gasteiger partial charge in [-0.2, -0.15) is 0 Å². The van der Waals surface area contributed by atoms with E-state index in [0.717, 1.165) is 40.4 Å². The van der Waals surface area contributed by atoms with Crippen LogP contribution in [0.4, 0.5) is 0 Å². The Morgan fingerprint density at radius 2 is 2.28 bits per heavy atom. The molecule has 5 heteroatoms. The number of morpholine rings is 1. The van der Waals surface area contributed by atoms with E-state index in [0.29, 0.717) is 0 Å². The molecular weight excluding hydrogens is 312 g/mol. The van der Waals surface area contributed by atoms with Gasteiger partial charge in [0.1, 0.15) is 11.1 Å². The lowest BCUT2D eigenvalue weighted by atomic mass is 10.2. The van der Waals surface area contributed by atoms with E-state index in [1.807, 2.05) is 18.2 Å². The van der Waals surface area contributed by atoms with Crippen molar-refractivity contribution in [3.63, 3.8) is 0 Å². The zero-order chi connectivity index (χ0) is 12.4. The molecule has 1 fully saturated rings. The molecule has 1 aliphatic rings. The van der Waals surface area contributed by atoms with E-state index >= 15 is 0 Å². The molecule has 3 rings (SSSR count). The smallest absolute Gasteiger partial charge is 0.124 e. The van der Waals surface area contributed by atoms with Crippen LogP contribution in [-0.4, -0.2) is 24.7 Å². The highest BCUT2D eigenvalue weighted by Gasteiger charge is 2.19. The Labute approximate surface area is 118 Å². The van der Waals surface area contributed by atoms with Gasteiger partial charge >= 0.3 is 0 Å². The first-order valence-electron chi connectivity index (χ1n) is 5.87. The highest BCUT2D eigenvalue weighted by atomic mass is 79.9. The number of thiazole rings is 1. The maximum atomic E-state index is 5.71. The molecule has 1 N–H and O–H groups in total. The van der Waals surface area contributed by atoms with Crippen molar-refractivity contribution >= 4 is 27.3 Å². The highest BCUT2D eigenvalue weighted by molar-refractivity contribution is 9.10. The van der Waals surface area contributed by atoms with Crippen molar-refractivity contribution in [2.45, 2.75) is 6.10 Å². The largest absolute Gasteiger partial charge is 0.369 e. The van der Waals surface area contributed by atoms with Crippen LogP contribution in [0.2, 0.25) is 0 Å². The number of halogens is 1. The highest BCUT2D eigenvalue weighted by Crippen LogP contribution is 2.32. The number of nitrogens with one attached hydrogen (secondary N) is 1. The maximum absolute atomic E-state index is 5.71. The molecule has 94 valence electrons. The number of aromatic nitrogens is 1. The van der Waals surface area contributed by atoms with Crippen molar-refractivity contribution in [2.75, 3.05) is 19.7 Å². The van der Waals surface area contributed by atoms with Gasteiger partial charge in [0.2, 0.25) is 0 Å². The summed E-state index contributed by atoms with van der Waals surface area (Å²) in [4.78, 5) is 4.69. The summed E-state index contributed by atoms with van der Waals surface area (Å²) in [6.45, 7) is 2.53. The molecule has 1 atom stereocenters. The molecule has 0 radical (unpaired) electrons. The summed E-state index contributed by atoms with van der Waals surface area (Å²) < 4.78 is 6.79. The monoisotopic (exact) mass is 324 g/mol. The normalized spacial score (nSPS) is 19.9. The Morgan fingerprint density at radius 1 is 1.39 bits per heavy atom. The van der Waals surface area contributed by atoms with Gasteiger partial charge in [0.15, 0.2) is 0 Å². The molecule has 1 unspecified atom stereocenters. The van der Waals surface area contributed by atoms with Gasteiger partial charge in [-0.25, -0.2) is 4.98 Å². The third kappa shape index (κ3) is 2.49. The second kappa shape index (κ2) is 5.48. The van der Waals surface area contributed by atoms with Crippen molar-refractivity contribution in [1.29, 1.82) is 0 Å². The van der Waals surface area contributed by atoms with Gasteiger partial charge in [-0.1, -0.05) is 34.1 Å². The summed E-state index contributed by atoms with van der Waals surface area (Å²) >= 11 is 5.22. The lowest BCUT2D eigenvalue weighted by Crippen LogP contribution is -2.33. The van der Waals surface area contributed by atoms with Gasteiger partial charge in [-0.05, 0) is 6.07 Å². The van der Waals surface area contributed by atoms with Crippen LogP contribution < -0.4 is 5.32 Å². The van der Waals surface area contributed by atoms with Gasteiger partial charge in [0.25, 0.3) is 0 Å². The molecule has 0 spiro atoms. The lowest BCUT2D eigenvalue weighted by Gasteiger charge is -2.21. The first-order valence-corrected chi connectivity index (χ1v) is 7.54. The van der Waals surface area contributed by atoms with Crippen LogP contribution in [0.25, 0.3) is 10.6 Å². The minimum Gasteiger partial charge on any atom is -0.369 e. The molecular formula is C13H13BrN2OS. The molecule has 0 saturated carbocycles. The molecule has 3 nitrogen and oxygen atoms in total. The van der Waals surface area contributed by atoms with Crippen LogP contribution in [0.5, 0.6) is 0 Å². The Kier molecular flexibility index (Phi) is 3.75. The number of hydrogen-bond acceptors (Lipinski definition) is 4. The van der Waals surface area contributed by atoms with Gasteiger partial charge in [0, 0.05) is 28.5 Å². The number of hydrogen-bond donors (Lipinski definition) is 1. The van der Waals surface area contributed by atoms with E-state index in [9.17, 15) is 0 Å². The van der Waals surface area contributed by atoms with Crippen LogP contribution in [0, 0.1) is 0 Å². The lowest BCUT2D eigenvalue weighted by molar-refractivity contribution is 0.0254. The van der Waals surface area contributed by atoms with E-state index in [2.05, 4.69) is 37.7 Å². The molecule has 0 aliphatic carbocycles. The zero-order valence-corrected chi connectivity index (χ0v) is 12.1. The third-order valence-corrected chi connectivity index (χ3v) is 4.47. The molecule has 18 heavy (non-hydrogen) atoms. The number of benzene rings is 1. The average Bonchev–Trinajstić information content (AvgIpc) is 2.90. The molecule has 2 heterocycles. The molecule has 1 aliphatic heterocycles. The van der Waals surface area contributed by atoms with Gasteiger partial charge in [-0.3, -0.25) is 0 Å². The predicted molar refractivity (Wildman–Crippen MR) is 76.8 cm³/mol. The fraction of sp³-hybridized carbons (Fsp3) is 0.308. The summed E-state index contributed by atoms with van der Waals surface area (Å²) in [5.41, 5.74) is 2.16. The maximum Gasteiger partial charge on any atom is 0.124 e. The van der Waals surface area contributed by atoms with E-state index in [-0.39, 0.29) is 6.10 Å². The van der Waals surface area contributed by atoms with E-state index in [4.69, 9.17) is 4.74 Å². The number of ether oxygens (including phenoxy) is 1. The summed E-state index contributed by atoms with van der Waals surface area (Å²) in [6.07, 6.45) is 0.0891. The van der Waals surface area contributed by atoms with Gasteiger partial charge < -0.3 is 10.1 Å². The molecule has 0 amide bonds. The Balaban J connectivity index is 1.87. The summed E-state index contributed by atoms with van der Waals surface area (Å²) in [6, 6.07) is 8.15. The van der Waals surface area contributed by atoms with E-state index < -0.39 is 0 Å². The fourth-order valence-corrected chi connectivity index (χ4v) is 3.45. The zero-order valence-electron chi connectivity index (χ0n) is 9.73. The second-order valence-electron chi connectivity index (χ2n) is 4.12. The quantitative estimate of drug-likeness (QED) is 0.920. The van der Waals surface area contributed by atoms with Crippen molar-refractivity contribution < 1.29 is 4.74 Å². The summed E-state index contributed by atoms with van der Waals surface area (Å²) in [5, 5.41) is 6.45. The molecule has 1 aromatic heterocycles. The van der Waals surface area contributed by atoms with Crippen LogP contribution in [-0.2, 0) is 4.74 Å². The second-order valence-corrected chi connectivity index (χ2v) is 5.83. The summed E-state index contributed by atoms with van der Waals surface area (Å²) in [5.74, 6) is 0.